The molecule has 0 saturated heterocycles. The number of carbonyl (C=O) groups is 2. The fraction of sp³-hybridized carbons (Fsp3) is 0.429. The molecule has 7 heteroatoms. The third-order valence-corrected chi connectivity index (χ3v) is 5.14. The first-order valence-electron chi connectivity index (χ1n) is 9.44. The van der Waals surface area contributed by atoms with Crippen molar-refractivity contribution < 1.29 is 19.1 Å². The number of rotatable bonds is 1. The van der Waals surface area contributed by atoms with Gasteiger partial charge in [-0.3, -0.25) is 4.90 Å². The van der Waals surface area contributed by atoms with E-state index in [1.807, 2.05) is 12.1 Å². The smallest absolute Gasteiger partial charge is 0.415 e. The van der Waals surface area contributed by atoms with E-state index in [0.717, 1.165) is 24.2 Å². The lowest BCUT2D eigenvalue weighted by molar-refractivity contribution is -0.138. The second-order valence-corrected chi connectivity index (χ2v) is 8.16. The molecule has 2 aromatic rings. The Morgan fingerprint density at radius 1 is 1.21 bits per heavy atom. The van der Waals surface area contributed by atoms with Gasteiger partial charge in [0.05, 0.1) is 19.7 Å². The lowest BCUT2D eigenvalue weighted by atomic mass is 9.96. The molecule has 0 radical (unpaired) electrons. The fourth-order valence-corrected chi connectivity index (χ4v) is 3.94. The normalized spacial score (nSPS) is 19.0. The summed E-state index contributed by atoms with van der Waals surface area (Å²) in [7, 11) is 1.31. The molecule has 148 valence electrons. The molecule has 1 aromatic carbocycles. The zero-order valence-electron chi connectivity index (χ0n) is 16.6. The number of ether oxygens (including phenoxy) is 2. The second-order valence-electron chi connectivity index (χ2n) is 8.16. The summed E-state index contributed by atoms with van der Waals surface area (Å²) in [5.41, 5.74) is 2.99. The quantitative estimate of drug-likeness (QED) is 0.765. The Labute approximate surface area is 163 Å². The molecular weight excluding hydrogens is 358 g/mol. The van der Waals surface area contributed by atoms with Crippen molar-refractivity contribution in [3.05, 3.63) is 47.4 Å². The van der Waals surface area contributed by atoms with Crippen molar-refractivity contribution in [1.82, 2.24) is 14.8 Å². The maximum Gasteiger partial charge on any atom is 0.415 e. The Morgan fingerprint density at radius 3 is 2.68 bits per heavy atom. The molecule has 1 atom stereocenters. The molecule has 7 nitrogen and oxygen atoms in total. The number of amides is 1. The minimum atomic E-state index is -0.658. The number of benzene rings is 1. The highest BCUT2D eigenvalue weighted by atomic mass is 16.6. The minimum Gasteiger partial charge on any atom is -0.464 e. The van der Waals surface area contributed by atoms with Crippen LogP contribution in [0.3, 0.4) is 0 Å². The number of nitrogens with zero attached hydrogens (tertiary/aromatic N) is 2. The second kappa shape index (κ2) is 6.58. The van der Waals surface area contributed by atoms with Crippen LogP contribution in [0.2, 0.25) is 0 Å². The molecular formula is C21H25N3O4. The van der Waals surface area contributed by atoms with Gasteiger partial charge in [0, 0.05) is 29.3 Å². The molecule has 0 saturated carbocycles. The first kappa shape index (κ1) is 18.4. The fourth-order valence-electron chi connectivity index (χ4n) is 3.94. The predicted octanol–water partition coefficient (Wildman–Crippen LogP) is 3.33. The molecule has 0 aliphatic carbocycles. The van der Waals surface area contributed by atoms with E-state index in [1.165, 1.54) is 23.0 Å². The topological polar surface area (TPSA) is 74.9 Å². The van der Waals surface area contributed by atoms with Crippen LogP contribution in [-0.4, -0.2) is 52.6 Å². The van der Waals surface area contributed by atoms with Gasteiger partial charge in [0.1, 0.15) is 11.3 Å². The maximum absolute atomic E-state index is 12.8. The van der Waals surface area contributed by atoms with Gasteiger partial charge in [-0.25, -0.2) is 9.59 Å². The summed E-state index contributed by atoms with van der Waals surface area (Å²) >= 11 is 0. The zero-order chi connectivity index (χ0) is 20.1. The predicted molar refractivity (Wildman–Crippen MR) is 104 cm³/mol. The van der Waals surface area contributed by atoms with Gasteiger partial charge in [0.25, 0.3) is 0 Å². The Hall–Kier alpha value is -2.96. The van der Waals surface area contributed by atoms with Crippen molar-refractivity contribution in [1.29, 1.82) is 0 Å². The zero-order valence-corrected chi connectivity index (χ0v) is 16.6. The van der Waals surface area contributed by atoms with E-state index in [0.29, 0.717) is 6.54 Å². The summed E-state index contributed by atoms with van der Waals surface area (Å²) in [6.45, 7) is 6.50. The van der Waals surface area contributed by atoms with E-state index < -0.39 is 17.7 Å². The van der Waals surface area contributed by atoms with Gasteiger partial charge in [-0.1, -0.05) is 18.2 Å². The number of carbonyl (C=O) groups excluding carboxylic acids is 2. The van der Waals surface area contributed by atoms with Gasteiger partial charge in [-0.05, 0) is 38.8 Å². The minimum absolute atomic E-state index is 0.0722. The Morgan fingerprint density at radius 2 is 1.96 bits per heavy atom. The molecule has 4 rings (SSSR count). The van der Waals surface area contributed by atoms with Crippen molar-refractivity contribution in [3.63, 3.8) is 0 Å². The van der Waals surface area contributed by atoms with Crippen molar-refractivity contribution >= 4 is 23.0 Å². The van der Waals surface area contributed by atoms with Crippen LogP contribution in [0.25, 0.3) is 10.9 Å². The number of H-pyrrole nitrogens is 1. The van der Waals surface area contributed by atoms with Gasteiger partial charge in [0.15, 0.2) is 0 Å². The number of esters is 1. The summed E-state index contributed by atoms with van der Waals surface area (Å²) in [5.74, 6) is -0.549. The number of hydrogen-bond donors (Lipinski definition) is 1. The molecule has 2 aliphatic rings. The van der Waals surface area contributed by atoms with Crippen molar-refractivity contribution in [2.45, 2.75) is 38.8 Å². The Kier molecular flexibility index (Phi) is 4.33. The molecule has 3 heterocycles. The number of nitrogens with one attached hydrogen (secondary N) is 1. The van der Waals surface area contributed by atoms with Crippen LogP contribution < -0.4 is 0 Å². The van der Waals surface area contributed by atoms with Crippen LogP contribution in [-0.2, 0) is 20.7 Å². The molecule has 2 aliphatic heterocycles. The average molecular weight is 383 g/mol. The highest BCUT2D eigenvalue weighted by Gasteiger charge is 2.40. The van der Waals surface area contributed by atoms with Gasteiger partial charge in [-0.2, -0.15) is 0 Å². The SMILES string of the molecule is COC(=O)C1=CN2CCc3c([nH]c4ccccc34)C2CN1C(=O)OC(C)(C)C. The van der Waals surface area contributed by atoms with Crippen molar-refractivity contribution in [2.75, 3.05) is 20.2 Å². The van der Waals surface area contributed by atoms with Crippen LogP contribution in [0.4, 0.5) is 4.79 Å². The molecule has 0 fully saturated rings. The standard InChI is InChI=1S/C21H25N3O4/c1-21(2,3)28-20(26)24-12-16-18-14(13-7-5-6-8-15(13)22-18)9-10-23(16)11-17(24)19(25)27-4/h5-8,11,16,22H,9-10,12H2,1-4H3. The summed E-state index contributed by atoms with van der Waals surface area (Å²) in [5, 5.41) is 1.21. The van der Waals surface area contributed by atoms with E-state index in [1.54, 1.807) is 27.0 Å². The average Bonchev–Trinajstić information content (AvgIpc) is 3.04. The van der Waals surface area contributed by atoms with Gasteiger partial charge >= 0.3 is 12.1 Å². The number of hydrogen-bond acceptors (Lipinski definition) is 5. The summed E-state index contributed by atoms with van der Waals surface area (Å²) in [6, 6.07) is 8.14. The van der Waals surface area contributed by atoms with Crippen LogP contribution in [0.1, 0.15) is 38.1 Å². The number of aromatic nitrogens is 1. The third-order valence-electron chi connectivity index (χ3n) is 5.14. The van der Waals surface area contributed by atoms with Crippen LogP contribution in [0.15, 0.2) is 36.2 Å². The van der Waals surface area contributed by atoms with E-state index in [2.05, 4.69) is 22.0 Å². The highest BCUT2D eigenvalue weighted by molar-refractivity contribution is 5.92. The first-order chi connectivity index (χ1) is 13.3. The number of fused-ring (bicyclic) bond motifs is 5. The lowest BCUT2D eigenvalue weighted by Gasteiger charge is -2.42. The highest BCUT2D eigenvalue weighted by Crippen LogP contribution is 2.38. The monoisotopic (exact) mass is 383 g/mol. The van der Waals surface area contributed by atoms with Crippen molar-refractivity contribution in [3.8, 4) is 0 Å². The molecule has 1 unspecified atom stereocenters. The summed E-state index contributed by atoms with van der Waals surface area (Å²) in [6.07, 6.45) is 2.04. The Bertz CT molecular complexity index is 970. The molecule has 1 aromatic heterocycles. The largest absolute Gasteiger partial charge is 0.464 e. The lowest BCUT2D eigenvalue weighted by Crippen LogP contribution is -2.49. The van der Waals surface area contributed by atoms with E-state index in [-0.39, 0.29) is 11.7 Å². The molecule has 1 N–H and O–H groups in total. The van der Waals surface area contributed by atoms with Gasteiger partial charge in [-0.15, -0.1) is 0 Å². The summed E-state index contributed by atoms with van der Waals surface area (Å²) in [4.78, 5) is 32.2. The number of para-hydroxylation sites is 1. The number of aromatic amines is 1. The van der Waals surface area contributed by atoms with Crippen molar-refractivity contribution in [2.24, 2.45) is 0 Å². The molecule has 0 spiro atoms. The first-order valence-corrected chi connectivity index (χ1v) is 9.44. The number of methoxy groups -OCH3 is 1. The molecule has 0 bridgehead atoms. The Balaban J connectivity index is 1.75. The van der Waals surface area contributed by atoms with Crippen LogP contribution >= 0.6 is 0 Å². The molecule has 1 amide bonds. The molecule has 28 heavy (non-hydrogen) atoms. The van der Waals surface area contributed by atoms with Crippen LogP contribution in [0.5, 0.6) is 0 Å². The van der Waals surface area contributed by atoms with Gasteiger partial charge in [0.2, 0.25) is 0 Å². The third kappa shape index (κ3) is 3.10. The van der Waals surface area contributed by atoms with E-state index >= 15 is 0 Å². The van der Waals surface area contributed by atoms with Crippen LogP contribution in [0, 0.1) is 0 Å². The summed E-state index contributed by atoms with van der Waals surface area (Å²) < 4.78 is 10.4. The van der Waals surface area contributed by atoms with Gasteiger partial charge < -0.3 is 19.4 Å². The van der Waals surface area contributed by atoms with E-state index in [4.69, 9.17) is 9.47 Å². The maximum atomic E-state index is 12.8. The van der Waals surface area contributed by atoms with E-state index in [9.17, 15) is 9.59 Å².